The third kappa shape index (κ3) is 18.8. The van der Waals surface area contributed by atoms with Gasteiger partial charge in [0.15, 0.2) is 5.78 Å². The van der Waals surface area contributed by atoms with Gasteiger partial charge in [-0.15, -0.1) is 0 Å². The highest BCUT2D eigenvalue weighted by atomic mass is 16.4. The number of nitrogens with one attached hydrogen (secondary N) is 2. The van der Waals surface area contributed by atoms with E-state index in [9.17, 15) is 73.6 Å². The molecule has 2 saturated heterocycles. The standard InChI is InChI=1S/C37H62BN7O15/c1-24(2)28(35(55)40-25(3)36(56)45-10-4-5-30(45)38(59)60)19-27(47)20-39-31(48)9-7-26(46)6-8-29(37(57)58)44-17-15-42(22-33(51)52)13-11-41(21-32(49)50)12-14-43(16-18-44)23-34(53)54/h24-25,28-30,59-60H,4-23H2,1-3H3,(H,39,48)(H,40,55)(H,49,50)(H,51,52)(H,53,54)(H,57,58)/t25-,28+,29?,30+/m1/s1. The fourth-order valence-corrected chi connectivity index (χ4v) is 7.29. The second-order valence-corrected chi connectivity index (χ2v) is 15.7. The van der Waals surface area contributed by atoms with Gasteiger partial charge >= 0.3 is 31.0 Å². The summed E-state index contributed by atoms with van der Waals surface area (Å²) < 4.78 is 0. The van der Waals surface area contributed by atoms with E-state index in [0.717, 1.165) is 0 Å². The minimum absolute atomic E-state index is 0.0415. The second kappa shape index (κ2) is 25.9. The lowest BCUT2D eigenvalue weighted by Crippen LogP contribution is -2.53. The van der Waals surface area contributed by atoms with Gasteiger partial charge in [-0.1, -0.05) is 13.8 Å². The molecule has 1 unspecified atom stereocenters. The van der Waals surface area contributed by atoms with Crippen molar-refractivity contribution in [1.82, 2.24) is 35.1 Å². The fourth-order valence-electron chi connectivity index (χ4n) is 7.29. The summed E-state index contributed by atoms with van der Waals surface area (Å²) in [5.74, 6) is -9.12. The summed E-state index contributed by atoms with van der Waals surface area (Å²) in [7, 11) is -1.71. The molecule has 2 aliphatic rings. The number of nitrogens with zero attached hydrogens (tertiary/aromatic N) is 5. The average molecular weight is 856 g/mol. The molecule has 0 aliphatic carbocycles. The first-order valence-corrected chi connectivity index (χ1v) is 20.2. The van der Waals surface area contributed by atoms with Crippen LogP contribution in [0.15, 0.2) is 0 Å². The number of rotatable bonds is 23. The summed E-state index contributed by atoms with van der Waals surface area (Å²) in [5, 5.41) is 62.7. The van der Waals surface area contributed by atoms with Crippen molar-refractivity contribution in [2.45, 2.75) is 83.7 Å². The molecule has 0 spiro atoms. The SMILES string of the molecule is CC(C)[C@H](CC(=O)CNC(=O)CCC(=O)CCC(C(=O)O)N1CCN(CC(=O)O)CCN(CC(=O)O)CCN(CC(=O)O)CC1)C(=O)N[C@H](C)C(=O)N1CCC[C@H]1B(O)O. The van der Waals surface area contributed by atoms with Crippen molar-refractivity contribution in [2.24, 2.45) is 11.8 Å². The predicted octanol–water partition coefficient (Wildman–Crippen LogP) is -3.10. The molecule has 2 rings (SSSR count). The van der Waals surface area contributed by atoms with Crippen LogP contribution >= 0.6 is 0 Å². The van der Waals surface area contributed by atoms with Gasteiger partial charge in [-0.25, -0.2) is 0 Å². The predicted molar refractivity (Wildman–Crippen MR) is 212 cm³/mol. The number of carbonyl (C=O) groups is 9. The Morgan fingerprint density at radius 3 is 1.62 bits per heavy atom. The Labute approximate surface area is 349 Å². The van der Waals surface area contributed by atoms with Crippen LogP contribution in [-0.2, 0) is 43.2 Å². The Hall–Kier alpha value is -4.55. The third-order valence-corrected chi connectivity index (χ3v) is 10.7. The van der Waals surface area contributed by atoms with Crippen LogP contribution in [0.25, 0.3) is 0 Å². The van der Waals surface area contributed by atoms with Crippen molar-refractivity contribution >= 4 is 60.3 Å². The number of aliphatic carboxylic acids is 4. The molecule has 60 heavy (non-hydrogen) atoms. The normalized spacial score (nSPS) is 19.3. The molecule has 0 saturated carbocycles. The minimum Gasteiger partial charge on any atom is -0.480 e. The maximum absolute atomic E-state index is 13.1. The smallest absolute Gasteiger partial charge is 0.475 e. The van der Waals surface area contributed by atoms with Crippen molar-refractivity contribution in [3.63, 3.8) is 0 Å². The number of likely N-dealkylation sites (tertiary alicyclic amines) is 1. The van der Waals surface area contributed by atoms with Crippen LogP contribution in [0.4, 0.5) is 0 Å². The summed E-state index contributed by atoms with van der Waals surface area (Å²) in [6, 6.07) is -2.21. The first-order chi connectivity index (χ1) is 28.2. The molecule has 338 valence electrons. The molecule has 23 heteroatoms. The molecule has 2 aliphatic heterocycles. The maximum atomic E-state index is 13.1. The van der Waals surface area contributed by atoms with E-state index in [-0.39, 0.29) is 96.9 Å². The Balaban J connectivity index is 1.95. The summed E-state index contributed by atoms with van der Waals surface area (Å²) >= 11 is 0. The largest absolute Gasteiger partial charge is 0.480 e. The van der Waals surface area contributed by atoms with Crippen LogP contribution in [-0.4, -0.2) is 218 Å². The highest BCUT2D eigenvalue weighted by molar-refractivity contribution is 6.43. The van der Waals surface area contributed by atoms with Crippen LogP contribution in [0.1, 0.15) is 65.7 Å². The quantitative estimate of drug-likeness (QED) is 0.0472. The summed E-state index contributed by atoms with van der Waals surface area (Å²) in [4.78, 5) is 119. The molecule has 22 nitrogen and oxygen atoms in total. The molecule has 0 aromatic heterocycles. The molecular formula is C37H62BN7O15. The lowest BCUT2D eigenvalue weighted by Gasteiger charge is -2.35. The zero-order valence-corrected chi connectivity index (χ0v) is 34.7. The number of Topliss-reactive ketones (excluding diaryl/α,β-unsaturated/α-hetero) is 2. The monoisotopic (exact) mass is 855 g/mol. The van der Waals surface area contributed by atoms with Crippen molar-refractivity contribution in [3.05, 3.63) is 0 Å². The first kappa shape index (κ1) is 51.6. The molecule has 4 atom stereocenters. The topological polar surface area (TPSA) is 315 Å². The molecule has 0 bridgehead atoms. The van der Waals surface area contributed by atoms with E-state index < -0.39 is 104 Å². The lowest BCUT2D eigenvalue weighted by atomic mass is 9.78. The summed E-state index contributed by atoms with van der Waals surface area (Å²) in [5.41, 5.74) is 0. The number of carbonyl (C=O) groups excluding carboxylic acids is 5. The fraction of sp³-hybridized carbons (Fsp3) is 0.757. The van der Waals surface area contributed by atoms with Crippen molar-refractivity contribution in [3.8, 4) is 0 Å². The molecule has 2 heterocycles. The maximum Gasteiger partial charge on any atom is 0.475 e. The van der Waals surface area contributed by atoms with Gasteiger partial charge < -0.3 is 46.0 Å². The number of ketones is 2. The van der Waals surface area contributed by atoms with Gasteiger partial charge in [-0.2, -0.15) is 0 Å². The van der Waals surface area contributed by atoms with Gasteiger partial charge in [-0.3, -0.25) is 62.8 Å². The number of hydrogen-bond donors (Lipinski definition) is 8. The Morgan fingerprint density at radius 1 is 0.667 bits per heavy atom. The Bertz CT molecular complexity index is 1490. The van der Waals surface area contributed by atoms with Gasteiger partial charge in [-0.05, 0) is 32.1 Å². The Morgan fingerprint density at radius 2 is 1.17 bits per heavy atom. The molecule has 8 N–H and O–H groups in total. The van der Waals surface area contributed by atoms with E-state index in [2.05, 4.69) is 10.6 Å². The van der Waals surface area contributed by atoms with E-state index in [1.165, 1.54) is 11.8 Å². The lowest BCUT2D eigenvalue weighted by molar-refractivity contribution is -0.145. The van der Waals surface area contributed by atoms with Crippen LogP contribution in [0.2, 0.25) is 0 Å². The van der Waals surface area contributed by atoms with E-state index in [4.69, 9.17) is 0 Å². The molecule has 3 amide bonds. The van der Waals surface area contributed by atoms with Gasteiger partial charge in [0.25, 0.3) is 0 Å². The van der Waals surface area contributed by atoms with Gasteiger partial charge in [0.05, 0.1) is 32.1 Å². The number of carboxylic acid groups (broad SMARTS) is 4. The minimum atomic E-state index is -1.71. The van der Waals surface area contributed by atoms with E-state index in [1.807, 2.05) is 0 Å². The number of amides is 3. The zero-order chi connectivity index (χ0) is 45.1. The van der Waals surface area contributed by atoms with Gasteiger partial charge in [0.1, 0.15) is 17.9 Å². The zero-order valence-electron chi connectivity index (χ0n) is 34.7. The molecule has 0 radical (unpaired) electrons. The summed E-state index contributed by atoms with van der Waals surface area (Å²) in [6.07, 6.45) is -0.202. The van der Waals surface area contributed by atoms with Gasteiger partial charge in [0, 0.05) is 90.5 Å². The first-order valence-electron chi connectivity index (χ1n) is 20.2. The molecule has 0 aromatic rings. The molecule has 0 aromatic carbocycles. The summed E-state index contributed by atoms with van der Waals surface area (Å²) in [6.45, 7) is 4.55. The van der Waals surface area contributed by atoms with Crippen LogP contribution in [0.5, 0.6) is 0 Å². The highest BCUT2D eigenvalue weighted by Crippen LogP contribution is 2.21. The van der Waals surface area contributed by atoms with E-state index >= 15 is 0 Å². The second-order valence-electron chi connectivity index (χ2n) is 15.7. The Kier molecular flexibility index (Phi) is 22.3. The van der Waals surface area contributed by atoms with Crippen molar-refractivity contribution < 1.29 is 73.6 Å². The third-order valence-electron chi connectivity index (χ3n) is 10.7. The number of hydrogen-bond acceptors (Lipinski definition) is 15. The van der Waals surface area contributed by atoms with E-state index in [0.29, 0.717) is 19.4 Å². The van der Waals surface area contributed by atoms with Crippen LogP contribution in [0.3, 0.4) is 0 Å². The van der Waals surface area contributed by atoms with Crippen LogP contribution in [0, 0.1) is 11.8 Å². The molecular weight excluding hydrogens is 793 g/mol. The van der Waals surface area contributed by atoms with Crippen LogP contribution < -0.4 is 10.6 Å². The van der Waals surface area contributed by atoms with Crippen molar-refractivity contribution in [2.75, 3.05) is 85.1 Å². The van der Waals surface area contributed by atoms with E-state index in [1.54, 1.807) is 33.4 Å². The molecule has 2 fully saturated rings. The van der Waals surface area contributed by atoms with Crippen molar-refractivity contribution in [1.29, 1.82) is 0 Å². The average Bonchev–Trinajstić information content (AvgIpc) is 3.65. The highest BCUT2D eigenvalue weighted by Gasteiger charge is 2.39. The van der Waals surface area contributed by atoms with Gasteiger partial charge in [0.2, 0.25) is 17.7 Å². The number of carboxylic acids is 4.